The molecule has 0 unspecified atom stereocenters. The first-order valence-corrected chi connectivity index (χ1v) is 10.1. The van der Waals surface area contributed by atoms with Crippen LogP contribution in [0.3, 0.4) is 0 Å². The Hall–Kier alpha value is -3.15. The summed E-state index contributed by atoms with van der Waals surface area (Å²) in [6.07, 6.45) is 0.391. The Bertz CT molecular complexity index is 1070. The molecule has 9 heteroatoms. The number of amides is 1. The first-order chi connectivity index (χ1) is 14.1. The van der Waals surface area contributed by atoms with Crippen molar-refractivity contribution >= 4 is 28.8 Å². The van der Waals surface area contributed by atoms with Gasteiger partial charge >= 0.3 is 11.8 Å². The van der Waals surface area contributed by atoms with E-state index in [-0.39, 0.29) is 29.7 Å². The molecule has 1 aliphatic heterocycles. The molecule has 30 heavy (non-hydrogen) atoms. The van der Waals surface area contributed by atoms with Gasteiger partial charge in [0.15, 0.2) is 5.82 Å². The highest BCUT2D eigenvalue weighted by Crippen LogP contribution is 2.29. The van der Waals surface area contributed by atoms with Crippen LogP contribution in [0.5, 0.6) is 0 Å². The van der Waals surface area contributed by atoms with Crippen LogP contribution < -0.4 is 10.6 Å². The van der Waals surface area contributed by atoms with Gasteiger partial charge in [-0.25, -0.2) is 9.59 Å². The van der Waals surface area contributed by atoms with Crippen molar-refractivity contribution in [3.63, 3.8) is 0 Å². The van der Waals surface area contributed by atoms with E-state index in [0.717, 1.165) is 6.42 Å². The summed E-state index contributed by atoms with van der Waals surface area (Å²) in [5.74, 6) is 0.699. The third kappa shape index (κ3) is 4.08. The third-order valence-electron chi connectivity index (χ3n) is 5.25. The fraction of sp³-hybridized carbons (Fsp3) is 0.571. The Morgan fingerprint density at radius 3 is 2.60 bits per heavy atom. The van der Waals surface area contributed by atoms with E-state index in [1.807, 2.05) is 39.5 Å². The largest absolute Gasteiger partial charge is 0.444 e. The van der Waals surface area contributed by atoms with Crippen LogP contribution in [0.15, 0.2) is 16.9 Å². The number of rotatable bonds is 2. The summed E-state index contributed by atoms with van der Waals surface area (Å²) in [4.78, 5) is 41.1. The number of aromatic nitrogens is 3. The number of nitrogens with zero attached hydrogens (tertiary/aromatic N) is 6. The zero-order chi connectivity index (χ0) is 22.2. The second-order valence-electron chi connectivity index (χ2n) is 8.62. The topological polar surface area (TPSA) is 84.9 Å². The van der Waals surface area contributed by atoms with E-state index in [0.29, 0.717) is 29.9 Å². The number of pyridine rings is 1. The lowest BCUT2D eigenvalue weighted by Gasteiger charge is -2.45. The van der Waals surface area contributed by atoms with Gasteiger partial charge in [-0.15, -0.1) is 4.98 Å². The van der Waals surface area contributed by atoms with Crippen LogP contribution in [0.25, 0.3) is 15.9 Å². The molecule has 0 aromatic carbocycles. The predicted molar refractivity (Wildman–Crippen MR) is 115 cm³/mol. The highest BCUT2D eigenvalue weighted by Gasteiger charge is 2.37. The number of ether oxygens (including phenoxy) is 1. The average Bonchev–Trinajstić information content (AvgIpc) is 2.69. The van der Waals surface area contributed by atoms with Crippen molar-refractivity contribution in [2.75, 3.05) is 18.0 Å². The molecule has 0 spiro atoms. The summed E-state index contributed by atoms with van der Waals surface area (Å²) in [7, 11) is 1.64. The lowest BCUT2D eigenvalue weighted by atomic mass is 10.1. The molecule has 3 rings (SSSR count). The molecule has 0 N–H and O–H groups in total. The van der Waals surface area contributed by atoms with E-state index in [9.17, 15) is 9.59 Å². The quantitative estimate of drug-likeness (QED) is 0.705. The number of aryl methyl sites for hydroxylation is 1. The van der Waals surface area contributed by atoms with Crippen molar-refractivity contribution in [3.05, 3.63) is 34.0 Å². The molecular formula is C21H28N6O3. The minimum absolute atomic E-state index is 0.0963. The molecule has 3 heterocycles. The van der Waals surface area contributed by atoms with Gasteiger partial charge < -0.3 is 19.4 Å². The second-order valence-corrected chi connectivity index (χ2v) is 8.62. The zero-order valence-corrected chi connectivity index (χ0v) is 18.3. The lowest BCUT2D eigenvalue weighted by Crippen LogP contribution is -2.60. The number of piperazine rings is 1. The Morgan fingerprint density at radius 2 is 2.00 bits per heavy atom. The number of hydrogen-bond acceptors (Lipinski definition) is 6. The molecular weight excluding hydrogens is 384 g/mol. The Kier molecular flexibility index (Phi) is 5.70. The predicted octanol–water partition coefficient (Wildman–Crippen LogP) is 3.10. The second kappa shape index (κ2) is 7.94. The minimum atomic E-state index is -0.570. The van der Waals surface area contributed by atoms with Crippen LogP contribution in [-0.2, 0) is 11.8 Å². The smallest absolute Gasteiger partial charge is 0.410 e. The number of anilines is 1. The van der Waals surface area contributed by atoms with Crippen molar-refractivity contribution in [1.82, 2.24) is 19.4 Å². The van der Waals surface area contributed by atoms with Gasteiger partial charge in [0.05, 0.1) is 11.6 Å². The molecule has 1 amide bonds. The average molecular weight is 412 g/mol. The first-order valence-electron chi connectivity index (χ1n) is 10.1. The first kappa shape index (κ1) is 21.6. The van der Waals surface area contributed by atoms with E-state index in [2.05, 4.69) is 14.8 Å². The molecule has 0 radical (unpaired) electrons. The van der Waals surface area contributed by atoms with Gasteiger partial charge in [-0.05, 0) is 46.2 Å². The van der Waals surface area contributed by atoms with E-state index < -0.39 is 5.60 Å². The minimum Gasteiger partial charge on any atom is -0.444 e. The van der Waals surface area contributed by atoms with Gasteiger partial charge in [-0.1, -0.05) is 13.5 Å². The Balaban J connectivity index is 2.02. The Labute approximate surface area is 176 Å². The van der Waals surface area contributed by atoms with Gasteiger partial charge in [0.2, 0.25) is 5.52 Å². The maximum Gasteiger partial charge on any atom is 0.410 e. The van der Waals surface area contributed by atoms with Gasteiger partial charge in [-0.3, -0.25) is 4.57 Å². The summed E-state index contributed by atoms with van der Waals surface area (Å²) in [5.41, 5.74) is 0.175. The molecule has 1 saturated heterocycles. The van der Waals surface area contributed by atoms with Crippen LogP contribution in [0.4, 0.5) is 16.4 Å². The molecule has 160 valence electrons. The molecule has 0 saturated carbocycles. The van der Waals surface area contributed by atoms with E-state index >= 15 is 0 Å². The number of carbonyl (C=O) groups excluding carboxylic acids is 1. The zero-order valence-electron chi connectivity index (χ0n) is 18.3. The monoisotopic (exact) mass is 412 g/mol. The number of fused-ring (bicyclic) bond motifs is 1. The van der Waals surface area contributed by atoms with Crippen molar-refractivity contribution < 1.29 is 9.53 Å². The maximum absolute atomic E-state index is 12.7. The normalized spacial score (nSPS) is 19.6. The fourth-order valence-electron chi connectivity index (χ4n) is 3.69. The van der Waals surface area contributed by atoms with Gasteiger partial charge in [-0.2, -0.15) is 4.98 Å². The van der Waals surface area contributed by atoms with Crippen LogP contribution >= 0.6 is 0 Å². The summed E-state index contributed by atoms with van der Waals surface area (Å²) < 4.78 is 7.02. The Morgan fingerprint density at radius 1 is 1.30 bits per heavy atom. The standard InChI is InChI=1S/C21H28N6O3/c1-8-14-12-26(13(2)11-27(14)20(29)30-21(3,4)5)18-17-15(25(7)19(28)24-18)9-10-16(22-6)23-17/h9-10,13-14H,8,11-12H2,1-5,7H3/t13-,14+/m0/s1. The van der Waals surface area contributed by atoms with Gasteiger partial charge in [0, 0.05) is 26.2 Å². The molecule has 9 nitrogen and oxygen atoms in total. The van der Waals surface area contributed by atoms with E-state index in [1.54, 1.807) is 24.1 Å². The van der Waals surface area contributed by atoms with E-state index in [4.69, 9.17) is 11.3 Å². The van der Waals surface area contributed by atoms with Crippen molar-refractivity contribution in [3.8, 4) is 0 Å². The molecule has 2 aromatic rings. The summed E-state index contributed by atoms with van der Waals surface area (Å²) in [6.45, 7) is 17.8. The number of hydrogen-bond donors (Lipinski definition) is 0. The van der Waals surface area contributed by atoms with Crippen LogP contribution in [-0.4, -0.2) is 56.3 Å². The van der Waals surface area contributed by atoms with Crippen LogP contribution in [0.2, 0.25) is 0 Å². The summed E-state index contributed by atoms with van der Waals surface area (Å²) >= 11 is 0. The molecule has 0 bridgehead atoms. The summed E-state index contributed by atoms with van der Waals surface area (Å²) in [5, 5.41) is 0. The fourth-order valence-corrected chi connectivity index (χ4v) is 3.69. The van der Waals surface area contributed by atoms with Crippen molar-refractivity contribution in [1.29, 1.82) is 0 Å². The number of carbonyl (C=O) groups is 1. The molecule has 2 aromatic heterocycles. The molecule has 1 aliphatic rings. The van der Waals surface area contributed by atoms with Gasteiger partial charge in [0.1, 0.15) is 5.60 Å². The summed E-state index contributed by atoms with van der Waals surface area (Å²) in [6, 6.07) is 3.11. The molecule has 1 fully saturated rings. The lowest BCUT2D eigenvalue weighted by molar-refractivity contribution is 0.0106. The SMILES string of the molecule is [C-]#[N+]c1ccc2c(n1)c(N1C[C@@H](CC)N(C(=O)OC(C)(C)C)C[C@@H]1C)nc(=O)n2C. The van der Waals surface area contributed by atoms with E-state index in [1.165, 1.54) is 4.57 Å². The highest BCUT2D eigenvalue weighted by atomic mass is 16.6. The third-order valence-corrected chi connectivity index (χ3v) is 5.25. The molecule has 2 atom stereocenters. The van der Waals surface area contributed by atoms with Crippen LogP contribution in [0.1, 0.15) is 41.0 Å². The highest BCUT2D eigenvalue weighted by molar-refractivity contribution is 5.87. The van der Waals surface area contributed by atoms with Gasteiger partial charge in [0.25, 0.3) is 5.82 Å². The van der Waals surface area contributed by atoms with Crippen molar-refractivity contribution in [2.24, 2.45) is 7.05 Å². The molecule has 0 aliphatic carbocycles. The maximum atomic E-state index is 12.7. The van der Waals surface area contributed by atoms with Crippen LogP contribution in [0, 0.1) is 6.57 Å². The van der Waals surface area contributed by atoms with Crippen molar-refractivity contribution in [2.45, 2.75) is 58.7 Å².